The first-order chi connectivity index (χ1) is 73.4. The highest BCUT2D eigenvalue weighted by molar-refractivity contribution is 6.32. The summed E-state index contributed by atoms with van der Waals surface area (Å²) in [5.41, 5.74) is 30.6. The smallest absolute Gasteiger partial charge is 0.162 e. The fourth-order valence-electron chi connectivity index (χ4n) is 22.4. The summed E-state index contributed by atoms with van der Waals surface area (Å²) in [7, 11) is 0. The van der Waals surface area contributed by atoms with E-state index in [1.807, 2.05) is 30.3 Å². The van der Waals surface area contributed by atoms with Crippen molar-refractivity contribution < 1.29 is 0 Å². The third-order valence-electron chi connectivity index (χ3n) is 29.0. The normalized spacial score (nSPS) is 11.6. The van der Waals surface area contributed by atoms with Crippen LogP contribution in [0, 0.1) is 0 Å². The predicted octanol–water partition coefficient (Wildman–Crippen LogP) is 34.5. The maximum Gasteiger partial charge on any atom is 0.162 e. The van der Waals surface area contributed by atoms with E-state index in [4.69, 9.17) is 29.9 Å². The number of aromatic nitrogens is 12. The molecule has 0 bridgehead atoms. The number of hydrogen-bond donors (Lipinski definition) is 0. The van der Waals surface area contributed by atoms with E-state index in [1.165, 1.54) is 114 Å². The van der Waals surface area contributed by atoms with Crippen molar-refractivity contribution in [3.05, 3.63) is 534 Å². The van der Waals surface area contributed by atoms with Gasteiger partial charge in [-0.15, -0.1) is 0 Å². The van der Waals surface area contributed by atoms with Crippen LogP contribution < -0.4 is 0 Å². The molecule has 9 aromatic heterocycles. The summed E-state index contributed by atoms with van der Waals surface area (Å²) in [6.45, 7) is 0. The molecule has 0 aliphatic carbocycles. The van der Waals surface area contributed by atoms with Crippen LogP contribution in [0.2, 0.25) is 0 Å². The van der Waals surface area contributed by atoms with Gasteiger partial charge in [-0.1, -0.05) is 394 Å². The van der Waals surface area contributed by atoms with Crippen LogP contribution in [0.5, 0.6) is 0 Å². The Kier molecular flexibility index (Phi) is 21.0. The fourth-order valence-corrected chi connectivity index (χ4v) is 22.4. The third kappa shape index (κ3) is 14.8. The average molecular weight is 1890 g/mol. The van der Waals surface area contributed by atoms with Gasteiger partial charge >= 0.3 is 0 Å². The van der Waals surface area contributed by atoms with Gasteiger partial charge in [-0.25, -0.2) is 29.9 Å². The molecule has 9 heterocycles. The van der Waals surface area contributed by atoms with Gasteiger partial charge in [0.1, 0.15) is 17.5 Å². The molecule has 30 aromatic rings. The number of para-hydroxylation sites is 9. The van der Waals surface area contributed by atoms with Crippen LogP contribution in [0.25, 0.3) is 266 Å². The first-order valence-corrected chi connectivity index (χ1v) is 50.1. The van der Waals surface area contributed by atoms with Gasteiger partial charge in [-0.3, -0.25) is 13.7 Å². The highest BCUT2D eigenvalue weighted by atomic mass is 15.1. The second-order valence-electron chi connectivity index (χ2n) is 37.5. The Morgan fingerprint density at radius 1 is 0.122 bits per heavy atom. The van der Waals surface area contributed by atoms with Crippen LogP contribution in [0.3, 0.4) is 0 Å². The monoisotopic (exact) mass is 1890 g/mol. The van der Waals surface area contributed by atoms with Crippen molar-refractivity contribution in [2.45, 2.75) is 0 Å². The summed E-state index contributed by atoms with van der Waals surface area (Å²) in [6, 6.07) is 188. The Hall–Kier alpha value is -20.1. The summed E-state index contributed by atoms with van der Waals surface area (Å²) < 4.78 is 14.1. The summed E-state index contributed by atoms with van der Waals surface area (Å²) in [5.74, 6) is 4.57. The largest absolute Gasteiger partial charge is 0.309 e. The molecule has 0 unspecified atom stereocenters. The highest BCUT2D eigenvalue weighted by Gasteiger charge is 2.28. The van der Waals surface area contributed by atoms with Gasteiger partial charge in [0.05, 0.1) is 83.3 Å². The van der Waals surface area contributed by atoms with E-state index in [2.05, 4.69) is 531 Å². The van der Waals surface area contributed by atoms with Crippen molar-refractivity contribution >= 4 is 142 Å². The second kappa shape index (κ2) is 36.2. The maximum absolute atomic E-state index is 5.35. The molecule has 0 aliphatic rings. The Bertz CT molecular complexity index is 10400. The van der Waals surface area contributed by atoms with E-state index in [9.17, 15) is 0 Å². The molecule has 0 saturated heterocycles. The summed E-state index contributed by atoms with van der Waals surface area (Å²) in [5, 5.41) is 17.0. The lowest BCUT2D eigenvalue weighted by molar-refractivity contribution is 1.05. The number of hydrogen-bond acceptors (Lipinski definition) is 6. The van der Waals surface area contributed by atoms with Crippen LogP contribution in [0.1, 0.15) is 0 Å². The van der Waals surface area contributed by atoms with Crippen molar-refractivity contribution in [2.75, 3.05) is 0 Å². The Balaban J connectivity index is 0.000000107. The molecule has 12 nitrogen and oxygen atoms in total. The minimum atomic E-state index is 0.687. The molecule has 0 N–H and O–H groups in total. The van der Waals surface area contributed by atoms with Crippen molar-refractivity contribution in [3.8, 4) is 125 Å². The van der Waals surface area contributed by atoms with E-state index in [0.717, 1.165) is 135 Å². The molecule has 30 rings (SSSR count). The van der Waals surface area contributed by atoms with Crippen LogP contribution in [-0.4, -0.2) is 57.3 Å². The van der Waals surface area contributed by atoms with Crippen molar-refractivity contribution in [2.24, 2.45) is 0 Å². The molecule has 0 spiro atoms. The van der Waals surface area contributed by atoms with Crippen LogP contribution in [-0.2, 0) is 0 Å². The highest BCUT2D eigenvalue weighted by Crippen LogP contribution is 2.49. The van der Waals surface area contributed by atoms with Crippen molar-refractivity contribution in [3.63, 3.8) is 0 Å². The molecule has 692 valence electrons. The molecular weight excluding hydrogens is 1800 g/mol. The Morgan fingerprint density at radius 2 is 0.345 bits per heavy atom. The first-order valence-electron chi connectivity index (χ1n) is 50.1. The van der Waals surface area contributed by atoms with E-state index >= 15 is 0 Å². The van der Waals surface area contributed by atoms with Crippen molar-refractivity contribution in [1.29, 1.82) is 0 Å². The van der Waals surface area contributed by atoms with Gasteiger partial charge in [0.2, 0.25) is 0 Å². The lowest BCUT2D eigenvalue weighted by atomic mass is 10.0. The minimum Gasteiger partial charge on any atom is -0.309 e. The van der Waals surface area contributed by atoms with Gasteiger partial charge in [-0.2, -0.15) is 0 Å². The SMILES string of the molecule is c1ccc(-c2cc(-n3c4ccccc4c4c5c6ccccc6n(-c6ccccc6)c5ccc43)nc(-c3ccc4ccccc4c3)n2)cc1.c1ccc(-c2ccc(-c3nc(-c4ccccc4)cc(-n4c5ccccc5c5c6c7ccccc7n(-c7ccccc7)c6ccc54)n3)cc2)cc1.c1ccc(-c2cccc(-c3nc(-c4ccccc4)cc(-n4c5ccccc5c5c6c7ccccc7n(-c7ccccc7)c6ccc54)n3)c2)cc1. The topological polar surface area (TPSA) is 107 Å². The van der Waals surface area contributed by atoms with Gasteiger partial charge in [0.25, 0.3) is 0 Å². The quantitative estimate of drug-likeness (QED) is 0.107. The van der Waals surface area contributed by atoms with Crippen LogP contribution in [0.4, 0.5) is 0 Å². The second-order valence-corrected chi connectivity index (χ2v) is 37.5. The molecule has 0 radical (unpaired) electrons. The molecule has 12 heteroatoms. The number of nitrogens with zero attached hydrogens (tertiary/aromatic N) is 12. The minimum absolute atomic E-state index is 0.687. The van der Waals surface area contributed by atoms with Gasteiger partial charge in [-0.05, 0) is 154 Å². The molecular formula is C136H88N12. The molecule has 0 atom stereocenters. The lowest BCUT2D eigenvalue weighted by Gasteiger charge is -2.13. The van der Waals surface area contributed by atoms with Gasteiger partial charge in [0.15, 0.2) is 17.5 Å². The predicted molar refractivity (Wildman–Crippen MR) is 613 cm³/mol. The zero-order valence-corrected chi connectivity index (χ0v) is 80.2. The molecule has 21 aromatic carbocycles. The Morgan fingerprint density at radius 3 is 0.676 bits per heavy atom. The molecule has 148 heavy (non-hydrogen) atoms. The average Bonchev–Trinajstić information content (AvgIpc) is 1.55. The standard InChI is InChI=1S/2C46H30N4.C44H28N4/c1-4-15-31(16-5-1)33-19-14-20-34(29-33)46-47-38(32-17-6-2-7-18-32)30-43(48-46)50-40-26-13-11-24-37(40)45-42(50)28-27-41-44(45)36-23-10-12-25-39(36)49(41)35-21-8-3-9-22-35;1-4-14-31(15-5-1)32-24-26-34(27-25-32)46-47-38(33-16-6-2-7-17-33)30-43(48-46)50-40-23-13-11-21-37(40)45-42(50)29-28-41-44(45)36-20-10-12-22-39(36)49(41)35-18-8-3-9-19-35;1-3-14-30(15-4-1)36-28-41(46-44(45-36)32-24-23-29-13-7-8-16-31(29)27-32)48-38-22-12-10-20-35(38)43-40(48)26-25-39-42(43)34-19-9-11-21-37(34)47(39)33-17-5-2-6-18-33/h2*1-30H;1-28H. The van der Waals surface area contributed by atoms with E-state index < -0.39 is 0 Å². The van der Waals surface area contributed by atoms with E-state index in [1.54, 1.807) is 0 Å². The molecule has 0 saturated carbocycles. The van der Waals surface area contributed by atoms with E-state index in [-0.39, 0.29) is 0 Å². The lowest BCUT2D eigenvalue weighted by Crippen LogP contribution is -2.02. The van der Waals surface area contributed by atoms with Gasteiger partial charge in [0, 0.05) is 133 Å². The van der Waals surface area contributed by atoms with E-state index in [0.29, 0.717) is 17.5 Å². The first kappa shape index (κ1) is 85.9. The number of benzene rings is 21. The zero-order chi connectivity index (χ0) is 97.6. The maximum atomic E-state index is 5.35. The summed E-state index contributed by atoms with van der Waals surface area (Å²) in [6.07, 6.45) is 0. The van der Waals surface area contributed by atoms with Crippen LogP contribution >= 0.6 is 0 Å². The van der Waals surface area contributed by atoms with Gasteiger partial charge < -0.3 is 13.7 Å². The zero-order valence-electron chi connectivity index (χ0n) is 80.2. The molecule has 0 amide bonds. The summed E-state index contributed by atoms with van der Waals surface area (Å²) in [4.78, 5) is 31.5. The third-order valence-corrected chi connectivity index (χ3v) is 29.0. The van der Waals surface area contributed by atoms with Crippen LogP contribution in [0.15, 0.2) is 534 Å². The summed E-state index contributed by atoms with van der Waals surface area (Å²) >= 11 is 0. The molecule has 0 aliphatic heterocycles. The van der Waals surface area contributed by atoms with Crippen molar-refractivity contribution in [1.82, 2.24) is 57.3 Å². The Labute approximate surface area is 851 Å². The number of fused-ring (bicyclic) bond motifs is 22. The fraction of sp³-hybridized carbons (Fsp3) is 0. The number of rotatable bonds is 14. The molecule has 0 fully saturated rings.